The summed E-state index contributed by atoms with van der Waals surface area (Å²) in [6.45, 7) is 4.04. The molecule has 1 saturated carbocycles. The van der Waals surface area contributed by atoms with E-state index in [0.717, 1.165) is 60.1 Å². The summed E-state index contributed by atoms with van der Waals surface area (Å²) in [5, 5.41) is 14.3. The molecule has 0 bridgehead atoms. The molecule has 2 aromatic heterocycles. The topological polar surface area (TPSA) is 70.7 Å². The molecule has 2 aliphatic rings. The van der Waals surface area contributed by atoms with Crippen molar-refractivity contribution in [1.29, 1.82) is 5.26 Å². The summed E-state index contributed by atoms with van der Waals surface area (Å²) in [6.07, 6.45) is 12.3. The Morgan fingerprint density at radius 2 is 1.94 bits per heavy atom. The molecule has 34 heavy (non-hydrogen) atoms. The van der Waals surface area contributed by atoms with Gasteiger partial charge in [-0.3, -0.25) is 4.79 Å². The highest BCUT2D eigenvalue weighted by Gasteiger charge is 2.28. The van der Waals surface area contributed by atoms with E-state index >= 15 is 0 Å². The Hall–Kier alpha value is -3.39. The fourth-order valence-electron chi connectivity index (χ4n) is 5.90. The van der Waals surface area contributed by atoms with Gasteiger partial charge in [-0.25, -0.2) is 4.98 Å². The van der Waals surface area contributed by atoms with Gasteiger partial charge in [0.1, 0.15) is 11.7 Å². The molecule has 1 N–H and O–H groups in total. The van der Waals surface area contributed by atoms with Crippen LogP contribution < -0.4 is 5.32 Å². The van der Waals surface area contributed by atoms with E-state index < -0.39 is 0 Å². The summed E-state index contributed by atoms with van der Waals surface area (Å²) >= 11 is 0. The van der Waals surface area contributed by atoms with Gasteiger partial charge in [0.25, 0.3) is 0 Å². The first kappa shape index (κ1) is 22.4. The molecule has 1 amide bonds. The standard InChI is InChI=1S/C29H32N4O/c1-19-17-20(2)31-29-28(19)24(18-30)26(15-16-27(34)32-22-11-4-3-5-12-22)33(29)25-14-8-10-21-9-6-7-13-23(21)25/h6-7,9,13,15-17,22,25H,3-5,8,10-12,14H2,1-2H3,(H,32,34)/t25-/m0/s1. The number of aromatic nitrogens is 2. The molecular formula is C29H32N4O. The Morgan fingerprint density at radius 1 is 1.15 bits per heavy atom. The second kappa shape index (κ2) is 9.46. The fraction of sp³-hybridized carbons (Fsp3) is 0.414. The molecule has 5 nitrogen and oxygen atoms in total. The van der Waals surface area contributed by atoms with Gasteiger partial charge in [0.15, 0.2) is 0 Å². The predicted octanol–water partition coefficient (Wildman–Crippen LogP) is 5.91. The molecule has 1 aromatic carbocycles. The van der Waals surface area contributed by atoms with Crippen molar-refractivity contribution in [3.63, 3.8) is 0 Å². The molecule has 2 aliphatic carbocycles. The number of nitrogens with one attached hydrogen (secondary N) is 1. The van der Waals surface area contributed by atoms with Gasteiger partial charge in [-0.05, 0) is 74.8 Å². The number of carbonyl (C=O) groups excluding carboxylic acids is 1. The molecule has 174 valence electrons. The number of nitrogens with zero attached hydrogens (tertiary/aromatic N) is 3. The Bertz CT molecular complexity index is 1300. The van der Waals surface area contributed by atoms with Gasteiger partial charge >= 0.3 is 0 Å². The molecule has 0 saturated heterocycles. The van der Waals surface area contributed by atoms with Crippen LogP contribution in [0, 0.1) is 25.2 Å². The zero-order valence-corrected chi connectivity index (χ0v) is 20.1. The first-order valence-electron chi connectivity index (χ1n) is 12.6. The van der Waals surface area contributed by atoms with E-state index in [2.05, 4.69) is 40.2 Å². The number of benzene rings is 1. The van der Waals surface area contributed by atoms with E-state index in [0.29, 0.717) is 5.56 Å². The monoisotopic (exact) mass is 452 g/mol. The SMILES string of the molecule is Cc1cc(C)c2c(C#N)c(C=CC(=O)NC3CCCCC3)n([C@H]3CCCc4ccccc43)c2n1. The van der Waals surface area contributed by atoms with E-state index in [9.17, 15) is 10.1 Å². The summed E-state index contributed by atoms with van der Waals surface area (Å²) in [7, 11) is 0. The third kappa shape index (κ3) is 4.14. The molecule has 5 rings (SSSR count). The van der Waals surface area contributed by atoms with Crippen molar-refractivity contribution in [2.45, 2.75) is 77.3 Å². The second-order valence-electron chi connectivity index (χ2n) is 9.80. The zero-order valence-electron chi connectivity index (χ0n) is 20.1. The minimum atomic E-state index is -0.0856. The molecule has 0 aliphatic heterocycles. The molecule has 0 radical (unpaired) electrons. The van der Waals surface area contributed by atoms with Crippen LogP contribution in [0.4, 0.5) is 0 Å². The molecule has 5 heteroatoms. The molecule has 0 unspecified atom stereocenters. The third-order valence-corrected chi connectivity index (χ3v) is 7.42. The van der Waals surface area contributed by atoms with Crippen LogP contribution in [0.5, 0.6) is 0 Å². The van der Waals surface area contributed by atoms with E-state index in [1.165, 1.54) is 30.4 Å². The van der Waals surface area contributed by atoms with Gasteiger partial charge in [-0.15, -0.1) is 0 Å². The summed E-state index contributed by atoms with van der Waals surface area (Å²) in [4.78, 5) is 17.7. The highest BCUT2D eigenvalue weighted by molar-refractivity contribution is 5.96. The van der Waals surface area contributed by atoms with E-state index in [-0.39, 0.29) is 18.0 Å². The Morgan fingerprint density at radius 3 is 2.74 bits per heavy atom. The van der Waals surface area contributed by atoms with Crippen molar-refractivity contribution in [2.24, 2.45) is 0 Å². The number of nitriles is 1. The lowest BCUT2D eigenvalue weighted by molar-refractivity contribution is -0.117. The first-order chi connectivity index (χ1) is 16.6. The number of hydrogen-bond donors (Lipinski definition) is 1. The average Bonchev–Trinajstić information content (AvgIpc) is 3.16. The Kier molecular flexibility index (Phi) is 6.24. The number of rotatable bonds is 4. The number of hydrogen-bond acceptors (Lipinski definition) is 3. The van der Waals surface area contributed by atoms with Crippen LogP contribution in [0.2, 0.25) is 0 Å². The van der Waals surface area contributed by atoms with Crippen molar-refractivity contribution in [3.8, 4) is 6.07 Å². The highest BCUT2D eigenvalue weighted by Crippen LogP contribution is 2.39. The van der Waals surface area contributed by atoms with Crippen LogP contribution in [-0.2, 0) is 11.2 Å². The van der Waals surface area contributed by atoms with Gasteiger partial charge in [0.2, 0.25) is 5.91 Å². The molecule has 1 atom stereocenters. The maximum Gasteiger partial charge on any atom is 0.244 e. The lowest BCUT2D eigenvalue weighted by Gasteiger charge is -2.28. The van der Waals surface area contributed by atoms with Crippen LogP contribution >= 0.6 is 0 Å². The highest BCUT2D eigenvalue weighted by atomic mass is 16.1. The average molecular weight is 453 g/mol. The smallest absolute Gasteiger partial charge is 0.244 e. The minimum absolute atomic E-state index is 0.0856. The zero-order chi connectivity index (χ0) is 23.7. The van der Waals surface area contributed by atoms with Gasteiger partial charge in [0, 0.05) is 23.2 Å². The van der Waals surface area contributed by atoms with E-state index in [4.69, 9.17) is 4.98 Å². The number of fused-ring (bicyclic) bond motifs is 2. The summed E-state index contributed by atoms with van der Waals surface area (Å²) < 4.78 is 2.22. The van der Waals surface area contributed by atoms with Crippen molar-refractivity contribution in [1.82, 2.24) is 14.9 Å². The summed E-state index contributed by atoms with van der Waals surface area (Å²) in [5.41, 5.74) is 6.84. The molecule has 2 heterocycles. The quantitative estimate of drug-likeness (QED) is 0.500. The summed E-state index contributed by atoms with van der Waals surface area (Å²) in [6, 6.07) is 13.4. The van der Waals surface area contributed by atoms with Crippen molar-refractivity contribution < 1.29 is 4.79 Å². The van der Waals surface area contributed by atoms with Gasteiger partial charge in [0.05, 0.1) is 17.3 Å². The Labute approximate surface area is 201 Å². The predicted molar refractivity (Wildman–Crippen MR) is 135 cm³/mol. The molecule has 3 aromatic rings. The number of pyridine rings is 1. The van der Waals surface area contributed by atoms with Crippen molar-refractivity contribution in [2.75, 3.05) is 0 Å². The van der Waals surface area contributed by atoms with Crippen LogP contribution in [0.25, 0.3) is 17.1 Å². The number of amides is 1. The van der Waals surface area contributed by atoms with Gasteiger partial charge in [-0.1, -0.05) is 43.5 Å². The third-order valence-electron chi connectivity index (χ3n) is 7.42. The lowest BCUT2D eigenvalue weighted by atomic mass is 9.87. The number of aryl methyl sites for hydroxylation is 3. The van der Waals surface area contributed by atoms with E-state index in [1.807, 2.05) is 26.0 Å². The van der Waals surface area contributed by atoms with Crippen LogP contribution in [-0.4, -0.2) is 21.5 Å². The summed E-state index contributed by atoms with van der Waals surface area (Å²) in [5.74, 6) is -0.0856. The van der Waals surface area contributed by atoms with Crippen LogP contribution in [0.1, 0.15) is 84.6 Å². The van der Waals surface area contributed by atoms with Crippen molar-refractivity contribution in [3.05, 3.63) is 70.0 Å². The molecular weight excluding hydrogens is 420 g/mol. The molecule has 0 spiro atoms. The normalized spacial score (nSPS) is 18.7. The van der Waals surface area contributed by atoms with Crippen LogP contribution in [0.3, 0.4) is 0 Å². The van der Waals surface area contributed by atoms with Gasteiger partial charge in [-0.2, -0.15) is 5.26 Å². The first-order valence-corrected chi connectivity index (χ1v) is 12.6. The van der Waals surface area contributed by atoms with E-state index in [1.54, 1.807) is 6.08 Å². The van der Waals surface area contributed by atoms with Crippen molar-refractivity contribution >= 4 is 23.0 Å². The second-order valence-corrected chi connectivity index (χ2v) is 9.80. The maximum absolute atomic E-state index is 12.8. The number of carbonyl (C=O) groups is 1. The Balaban J connectivity index is 1.63. The largest absolute Gasteiger partial charge is 0.350 e. The lowest BCUT2D eigenvalue weighted by Crippen LogP contribution is -2.35. The van der Waals surface area contributed by atoms with Gasteiger partial charge < -0.3 is 9.88 Å². The van der Waals surface area contributed by atoms with Crippen LogP contribution in [0.15, 0.2) is 36.4 Å². The molecule has 1 fully saturated rings. The maximum atomic E-state index is 12.8. The minimum Gasteiger partial charge on any atom is -0.350 e. The fourth-order valence-corrected chi connectivity index (χ4v) is 5.90.